The van der Waals surface area contributed by atoms with Gasteiger partial charge in [-0.15, -0.1) is 0 Å². The van der Waals surface area contributed by atoms with Crippen LogP contribution in [-0.2, 0) is 0 Å². The number of para-hydroxylation sites is 1. The number of amidine groups is 1. The summed E-state index contributed by atoms with van der Waals surface area (Å²) in [7, 11) is 0. The number of aliphatic imine (C=N–C) groups is 2. The van der Waals surface area contributed by atoms with E-state index >= 15 is 0 Å². The van der Waals surface area contributed by atoms with Crippen molar-refractivity contribution in [3.63, 3.8) is 0 Å². The van der Waals surface area contributed by atoms with Crippen molar-refractivity contribution in [2.75, 3.05) is 0 Å². The fraction of sp³-hybridized carbons (Fsp3) is 0. The number of fused-ring (bicyclic) bond motifs is 1. The van der Waals surface area contributed by atoms with Crippen LogP contribution >= 0.6 is 0 Å². The van der Waals surface area contributed by atoms with Crippen LogP contribution in [0.5, 0.6) is 0 Å². The van der Waals surface area contributed by atoms with Gasteiger partial charge in [0, 0.05) is 22.3 Å². The highest BCUT2D eigenvalue weighted by molar-refractivity contribution is 6.39. The van der Waals surface area contributed by atoms with E-state index in [-0.39, 0.29) is 0 Å². The lowest BCUT2D eigenvalue weighted by atomic mass is 9.93. The molecule has 1 heterocycles. The van der Waals surface area contributed by atoms with Crippen molar-refractivity contribution < 1.29 is 0 Å². The van der Waals surface area contributed by atoms with Crippen LogP contribution < -0.4 is 0 Å². The highest BCUT2D eigenvalue weighted by Crippen LogP contribution is 2.34. The van der Waals surface area contributed by atoms with Crippen molar-refractivity contribution in [2.45, 2.75) is 0 Å². The van der Waals surface area contributed by atoms with Crippen LogP contribution in [0.2, 0.25) is 0 Å². The minimum absolute atomic E-state index is 0.721. The van der Waals surface area contributed by atoms with Crippen LogP contribution in [0.25, 0.3) is 11.6 Å². The first-order valence-corrected chi connectivity index (χ1v) is 10.0. The Morgan fingerprint density at radius 1 is 0.500 bits per heavy atom. The van der Waals surface area contributed by atoms with Crippen LogP contribution in [0.15, 0.2) is 125 Å². The van der Waals surface area contributed by atoms with Crippen LogP contribution in [0.4, 0.5) is 5.69 Å². The molecule has 1 aliphatic heterocycles. The summed E-state index contributed by atoms with van der Waals surface area (Å²) in [5.41, 5.74) is 7.20. The largest absolute Gasteiger partial charge is 0.228 e. The normalized spacial score (nSPS) is 14.5. The molecule has 0 radical (unpaired) electrons. The zero-order valence-electron chi connectivity index (χ0n) is 16.4. The van der Waals surface area contributed by atoms with Gasteiger partial charge in [-0.2, -0.15) is 0 Å². The molecule has 30 heavy (non-hydrogen) atoms. The van der Waals surface area contributed by atoms with Gasteiger partial charge in [0.05, 0.1) is 11.4 Å². The summed E-state index contributed by atoms with van der Waals surface area (Å²) in [6, 6.07) is 39.1. The predicted molar refractivity (Wildman–Crippen MR) is 126 cm³/mol. The fourth-order valence-corrected chi connectivity index (χ4v) is 3.63. The number of benzene rings is 4. The molecule has 142 valence electrons. The van der Waals surface area contributed by atoms with Crippen molar-refractivity contribution in [3.05, 3.63) is 138 Å². The minimum atomic E-state index is 0.721. The zero-order chi connectivity index (χ0) is 20.2. The van der Waals surface area contributed by atoms with Crippen molar-refractivity contribution in [3.8, 4) is 0 Å². The van der Waals surface area contributed by atoms with E-state index in [2.05, 4.69) is 72.8 Å². The Morgan fingerprint density at radius 3 is 1.77 bits per heavy atom. The van der Waals surface area contributed by atoms with Gasteiger partial charge < -0.3 is 0 Å². The van der Waals surface area contributed by atoms with Gasteiger partial charge in [0.25, 0.3) is 0 Å². The summed E-state index contributed by atoms with van der Waals surface area (Å²) in [6.45, 7) is 0. The number of hydrogen-bond acceptors (Lipinski definition) is 2. The molecular weight excluding hydrogens is 364 g/mol. The summed E-state index contributed by atoms with van der Waals surface area (Å²) < 4.78 is 0. The van der Waals surface area contributed by atoms with Gasteiger partial charge in [0.2, 0.25) is 0 Å². The molecule has 0 atom stereocenters. The molecule has 0 amide bonds. The molecule has 0 aliphatic carbocycles. The molecule has 0 bridgehead atoms. The van der Waals surface area contributed by atoms with E-state index in [1.165, 1.54) is 0 Å². The average molecular weight is 384 g/mol. The molecule has 5 rings (SSSR count). The maximum absolute atomic E-state index is 5.11. The lowest BCUT2D eigenvalue weighted by Gasteiger charge is -2.12. The van der Waals surface area contributed by atoms with Crippen LogP contribution in [-0.4, -0.2) is 11.5 Å². The molecule has 0 unspecified atom stereocenters. The topological polar surface area (TPSA) is 24.7 Å². The summed E-state index contributed by atoms with van der Waals surface area (Å²) in [6.07, 6.45) is 2.20. The van der Waals surface area contributed by atoms with Gasteiger partial charge in [-0.05, 0) is 17.7 Å². The molecule has 0 fully saturated rings. The first kappa shape index (κ1) is 18.0. The minimum Gasteiger partial charge on any atom is -0.228 e. The Kier molecular flexibility index (Phi) is 4.89. The summed E-state index contributed by atoms with van der Waals surface area (Å²) >= 11 is 0. The van der Waals surface area contributed by atoms with E-state index < -0.39 is 0 Å². The molecule has 0 saturated carbocycles. The SMILES string of the molecule is C(=C1C(c2ccccc2)=NC(c2ccccc2)=Nc2ccccc21)c1ccccc1. The van der Waals surface area contributed by atoms with E-state index in [4.69, 9.17) is 9.98 Å². The molecular formula is C28H20N2. The van der Waals surface area contributed by atoms with Crippen LogP contribution in [0.1, 0.15) is 22.3 Å². The quantitative estimate of drug-likeness (QED) is 0.371. The van der Waals surface area contributed by atoms with Gasteiger partial charge in [0.15, 0.2) is 5.84 Å². The number of rotatable bonds is 3. The predicted octanol–water partition coefficient (Wildman–Crippen LogP) is 6.81. The summed E-state index contributed by atoms with van der Waals surface area (Å²) in [4.78, 5) is 10.1. The molecule has 0 spiro atoms. The monoisotopic (exact) mass is 384 g/mol. The van der Waals surface area contributed by atoms with Gasteiger partial charge in [-0.1, -0.05) is 109 Å². The van der Waals surface area contributed by atoms with Gasteiger partial charge >= 0.3 is 0 Å². The third-order valence-electron chi connectivity index (χ3n) is 5.08. The summed E-state index contributed by atoms with van der Waals surface area (Å²) in [5, 5.41) is 0. The van der Waals surface area contributed by atoms with Gasteiger partial charge in [-0.25, -0.2) is 9.98 Å². The summed E-state index contributed by atoms with van der Waals surface area (Å²) in [5.74, 6) is 0.721. The molecule has 0 N–H and O–H groups in total. The maximum atomic E-state index is 5.11. The van der Waals surface area contributed by atoms with Crippen molar-refractivity contribution in [1.29, 1.82) is 0 Å². The highest BCUT2D eigenvalue weighted by atomic mass is 14.9. The second kappa shape index (κ2) is 8.14. The van der Waals surface area contributed by atoms with Crippen molar-refractivity contribution in [2.24, 2.45) is 9.98 Å². The molecule has 0 saturated heterocycles. The molecule has 4 aromatic carbocycles. The first-order valence-electron chi connectivity index (χ1n) is 10.0. The Balaban J connectivity index is 1.80. The smallest absolute Gasteiger partial charge is 0.160 e. The second-order valence-electron chi connectivity index (χ2n) is 7.11. The van der Waals surface area contributed by atoms with Gasteiger partial charge in [0.1, 0.15) is 0 Å². The standard InChI is InChI=1S/C28H20N2/c1-4-12-21(13-5-1)20-25-24-18-10-11-19-26(24)29-28(23-16-8-3-9-17-23)30-27(25)22-14-6-2-7-15-22/h1-20H. The third kappa shape index (κ3) is 3.63. The Bertz CT molecular complexity index is 1250. The van der Waals surface area contributed by atoms with E-state index in [0.29, 0.717) is 0 Å². The molecule has 2 heteroatoms. The molecule has 2 nitrogen and oxygen atoms in total. The van der Waals surface area contributed by atoms with Crippen LogP contribution in [0.3, 0.4) is 0 Å². The Morgan fingerprint density at radius 2 is 1.07 bits per heavy atom. The number of nitrogens with zero attached hydrogens (tertiary/aromatic N) is 2. The number of allylic oxidation sites excluding steroid dienone is 1. The fourth-order valence-electron chi connectivity index (χ4n) is 3.63. The Labute approximate surface area is 176 Å². The van der Waals surface area contributed by atoms with E-state index in [0.717, 1.165) is 45.1 Å². The highest BCUT2D eigenvalue weighted by Gasteiger charge is 2.20. The Hall–Kier alpha value is -4.04. The maximum Gasteiger partial charge on any atom is 0.160 e. The van der Waals surface area contributed by atoms with Crippen LogP contribution in [0, 0.1) is 0 Å². The average Bonchev–Trinajstić information content (AvgIpc) is 2.98. The van der Waals surface area contributed by atoms with E-state index in [1.807, 2.05) is 48.5 Å². The lowest BCUT2D eigenvalue weighted by Crippen LogP contribution is -2.07. The number of hydrogen-bond donors (Lipinski definition) is 0. The lowest BCUT2D eigenvalue weighted by molar-refractivity contribution is 1.45. The molecule has 0 aromatic heterocycles. The van der Waals surface area contributed by atoms with Crippen molar-refractivity contribution in [1.82, 2.24) is 0 Å². The van der Waals surface area contributed by atoms with E-state index in [1.54, 1.807) is 0 Å². The zero-order valence-corrected chi connectivity index (χ0v) is 16.4. The van der Waals surface area contributed by atoms with Crippen molar-refractivity contribution >= 4 is 28.9 Å². The second-order valence-corrected chi connectivity index (χ2v) is 7.11. The van der Waals surface area contributed by atoms with Gasteiger partial charge in [-0.3, -0.25) is 0 Å². The molecule has 1 aliphatic rings. The van der Waals surface area contributed by atoms with E-state index in [9.17, 15) is 0 Å². The molecule has 4 aromatic rings. The third-order valence-corrected chi connectivity index (χ3v) is 5.08. The first-order chi connectivity index (χ1) is 14.9.